The van der Waals surface area contributed by atoms with E-state index < -0.39 is 11.9 Å². The first-order chi connectivity index (χ1) is 11.6. The summed E-state index contributed by atoms with van der Waals surface area (Å²) in [5, 5.41) is 4.38. The Kier molecular flexibility index (Phi) is 4.33. The van der Waals surface area contributed by atoms with Gasteiger partial charge in [-0.25, -0.2) is 14.6 Å². The van der Waals surface area contributed by atoms with E-state index in [1.165, 1.54) is 29.2 Å². The molecular weight excluding hydrogens is 314 g/mol. The van der Waals surface area contributed by atoms with Crippen LogP contribution in [0.25, 0.3) is 22.7 Å². The maximum Gasteiger partial charge on any atom is 0.222 e. The molecule has 3 aromatic heterocycles. The van der Waals surface area contributed by atoms with Crippen LogP contribution in [0.3, 0.4) is 0 Å². The van der Waals surface area contributed by atoms with Gasteiger partial charge in [0.2, 0.25) is 11.9 Å². The van der Waals surface area contributed by atoms with Crippen LogP contribution in [0.1, 0.15) is 12.5 Å². The Balaban J connectivity index is 2.14. The molecule has 5 nitrogen and oxygen atoms in total. The summed E-state index contributed by atoms with van der Waals surface area (Å²) in [6.07, 6.45) is 4.32. The fourth-order valence-electron chi connectivity index (χ4n) is 2.23. The average molecular weight is 328 g/mol. The van der Waals surface area contributed by atoms with Gasteiger partial charge in [-0.1, -0.05) is 6.58 Å². The van der Waals surface area contributed by atoms with Gasteiger partial charge >= 0.3 is 0 Å². The summed E-state index contributed by atoms with van der Waals surface area (Å²) >= 11 is 0. The fraction of sp³-hybridized carbons (Fsp3) is 0.118. The van der Waals surface area contributed by atoms with E-state index in [9.17, 15) is 8.78 Å². The van der Waals surface area contributed by atoms with E-state index in [-0.39, 0.29) is 5.56 Å². The number of hydrogen-bond acceptors (Lipinski definition) is 4. The van der Waals surface area contributed by atoms with Gasteiger partial charge in [0, 0.05) is 12.4 Å². The van der Waals surface area contributed by atoms with Crippen LogP contribution in [0.5, 0.6) is 0 Å². The van der Waals surface area contributed by atoms with Crippen LogP contribution in [-0.4, -0.2) is 26.4 Å². The summed E-state index contributed by atoms with van der Waals surface area (Å²) in [6.45, 7) is 6.09. The van der Waals surface area contributed by atoms with E-state index in [1.807, 2.05) is 6.92 Å². The average Bonchev–Trinajstić information content (AvgIpc) is 3.01. The number of hydrogen-bond donors (Lipinski definition) is 0. The largest absolute Gasteiger partial charge is 0.494 e. The molecule has 0 spiro atoms. The topological polar surface area (TPSA) is 52.8 Å². The first kappa shape index (κ1) is 15.8. The molecular formula is C17H14F2N4O. The molecule has 0 amide bonds. The summed E-state index contributed by atoms with van der Waals surface area (Å²) in [4.78, 5) is 7.25. The van der Waals surface area contributed by atoms with E-state index >= 15 is 0 Å². The van der Waals surface area contributed by atoms with Crippen molar-refractivity contribution in [2.75, 3.05) is 6.61 Å². The van der Waals surface area contributed by atoms with Gasteiger partial charge in [-0.2, -0.15) is 13.9 Å². The van der Waals surface area contributed by atoms with Crippen LogP contribution in [-0.2, 0) is 4.74 Å². The van der Waals surface area contributed by atoms with Crippen LogP contribution in [0.4, 0.5) is 8.78 Å². The Hall–Kier alpha value is -3.09. The molecule has 0 atom stereocenters. The zero-order valence-corrected chi connectivity index (χ0v) is 12.9. The smallest absolute Gasteiger partial charge is 0.222 e. The molecule has 0 bridgehead atoms. The SMILES string of the molecule is C=C(OCC)c1cn(-c2ccc(F)nc2)nc1-c1cccnc1F. The molecule has 0 unspecified atom stereocenters. The Labute approximate surface area is 137 Å². The zero-order chi connectivity index (χ0) is 17.1. The Morgan fingerprint density at radius 3 is 2.75 bits per heavy atom. The molecule has 0 N–H and O–H groups in total. The van der Waals surface area contributed by atoms with Crippen molar-refractivity contribution in [3.8, 4) is 16.9 Å². The first-order valence-corrected chi connectivity index (χ1v) is 7.24. The Morgan fingerprint density at radius 1 is 1.25 bits per heavy atom. The Bertz CT molecular complexity index is 875. The van der Waals surface area contributed by atoms with Gasteiger partial charge in [-0.15, -0.1) is 0 Å². The minimum Gasteiger partial charge on any atom is -0.494 e. The molecule has 0 fully saturated rings. The van der Waals surface area contributed by atoms with Crippen molar-refractivity contribution in [1.29, 1.82) is 0 Å². The quantitative estimate of drug-likeness (QED) is 0.530. The molecule has 3 rings (SSSR count). The number of halogens is 2. The van der Waals surface area contributed by atoms with E-state index in [2.05, 4.69) is 21.6 Å². The maximum atomic E-state index is 14.1. The van der Waals surface area contributed by atoms with Crippen LogP contribution in [0, 0.1) is 11.9 Å². The highest BCUT2D eigenvalue weighted by atomic mass is 19.1. The second-order valence-corrected chi connectivity index (χ2v) is 4.87. The zero-order valence-electron chi connectivity index (χ0n) is 12.9. The van der Waals surface area contributed by atoms with Gasteiger partial charge in [0.25, 0.3) is 0 Å². The molecule has 0 aromatic carbocycles. The highest BCUT2D eigenvalue weighted by molar-refractivity contribution is 5.75. The lowest BCUT2D eigenvalue weighted by atomic mass is 10.1. The van der Waals surface area contributed by atoms with Gasteiger partial charge in [0.15, 0.2) is 0 Å². The minimum absolute atomic E-state index is 0.224. The lowest BCUT2D eigenvalue weighted by Crippen LogP contribution is -1.97. The lowest BCUT2D eigenvalue weighted by molar-refractivity contribution is 0.299. The predicted molar refractivity (Wildman–Crippen MR) is 85.2 cm³/mol. The number of pyridine rings is 2. The monoisotopic (exact) mass is 328 g/mol. The first-order valence-electron chi connectivity index (χ1n) is 7.24. The van der Waals surface area contributed by atoms with Gasteiger partial charge in [0.05, 0.1) is 29.6 Å². The van der Waals surface area contributed by atoms with Crippen molar-refractivity contribution in [2.24, 2.45) is 0 Å². The van der Waals surface area contributed by atoms with Gasteiger partial charge in [-0.3, -0.25) is 0 Å². The van der Waals surface area contributed by atoms with Crippen LogP contribution in [0.2, 0.25) is 0 Å². The van der Waals surface area contributed by atoms with Crippen molar-refractivity contribution in [3.63, 3.8) is 0 Å². The number of ether oxygens (including phenoxy) is 1. The minimum atomic E-state index is -0.648. The van der Waals surface area contributed by atoms with E-state index in [4.69, 9.17) is 4.74 Å². The molecule has 0 aliphatic heterocycles. The highest BCUT2D eigenvalue weighted by Crippen LogP contribution is 2.29. The summed E-state index contributed by atoms with van der Waals surface area (Å²) in [5.74, 6) is -0.883. The molecule has 0 aliphatic rings. The van der Waals surface area contributed by atoms with Gasteiger partial charge in [0.1, 0.15) is 11.5 Å². The van der Waals surface area contributed by atoms with E-state index in [0.717, 1.165) is 0 Å². The molecule has 0 aliphatic carbocycles. The molecule has 3 heterocycles. The fourth-order valence-corrected chi connectivity index (χ4v) is 2.23. The van der Waals surface area contributed by atoms with Crippen molar-refractivity contribution in [1.82, 2.24) is 19.7 Å². The number of aromatic nitrogens is 4. The van der Waals surface area contributed by atoms with Crippen LogP contribution >= 0.6 is 0 Å². The maximum absolute atomic E-state index is 14.1. The molecule has 3 aromatic rings. The lowest BCUT2D eigenvalue weighted by Gasteiger charge is -2.06. The van der Waals surface area contributed by atoms with Crippen molar-refractivity contribution < 1.29 is 13.5 Å². The molecule has 0 saturated heterocycles. The standard InChI is InChI=1S/C17H14F2N4O/c1-3-24-11(2)14-10-23(12-6-7-15(18)21-9-12)22-16(14)13-5-4-8-20-17(13)19/h4-10H,2-3H2,1H3. The third-order valence-electron chi connectivity index (χ3n) is 3.32. The van der Waals surface area contributed by atoms with E-state index in [1.54, 1.807) is 18.3 Å². The van der Waals surface area contributed by atoms with E-state index in [0.29, 0.717) is 29.3 Å². The second kappa shape index (κ2) is 6.57. The van der Waals surface area contributed by atoms with Crippen molar-refractivity contribution in [2.45, 2.75) is 6.92 Å². The normalized spacial score (nSPS) is 10.6. The Morgan fingerprint density at radius 2 is 2.08 bits per heavy atom. The third kappa shape index (κ3) is 3.01. The predicted octanol–water partition coefficient (Wildman–Crippen LogP) is 3.61. The molecule has 0 saturated carbocycles. The van der Waals surface area contributed by atoms with Crippen LogP contribution < -0.4 is 0 Å². The van der Waals surface area contributed by atoms with Gasteiger partial charge in [-0.05, 0) is 31.2 Å². The molecule has 122 valence electrons. The van der Waals surface area contributed by atoms with Crippen LogP contribution in [0.15, 0.2) is 49.4 Å². The molecule has 24 heavy (non-hydrogen) atoms. The van der Waals surface area contributed by atoms with Gasteiger partial charge < -0.3 is 4.74 Å². The molecule has 0 radical (unpaired) electrons. The second-order valence-electron chi connectivity index (χ2n) is 4.87. The van der Waals surface area contributed by atoms with Crippen molar-refractivity contribution in [3.05, 3.63) is 66.9 Å². The highest BCUT2D eigenvalue weighted by Gasteiger charge is 2.19. The molecule has 7 heteroatoms. The number of nitrogens with zero attached hydrogens (tertiary/aromatic N) is 4. The summed E-state index contributed by atoms with van der Waals surface area (Å²) in [5.41, 5.74) is 1.61. The summed E-state index contributed by atoms with van der Waals surface area (Å²) in [7, 11) is 0. The number of rotatable bonds is 5. The summed E-state index contributed by atoms with van der Waals surface area (Å²) < 4.78 is 34.0. The van der Waals surface area contributed by atoms with Crippen molar-refractivity contribution >= 4 is 5.76 Å². The summed E-state index contributed by atoms with van der Waals surface area (Å²) in [6, 6.07) is 5.93. The third-order valence-corrected chi connectivity index (χ3v) is 3.32.